The molecule has 2 heterocycles. The average Bonchev–Trinajstić information content (AvgIpc) is 3.56. The monoisotopic (exact) mass is 467 g/mol. The van der Waals surface area contributed by atoms with Gasteiger partial charge in [0.05, 0.1) is 18.0 Å². The first-order valence-corrected chi connectivity index (χ1v) is 11.4. The van der Waals surface area contributed by atoms with E-state index in [2.05, 4.69) is 25.8 Å². The minimum absolute atomic E-state index is 0.0346. The molecule has 0 spiro atoms. The van der Waals surface area contributed by atoms with Crippen LogP contribution in [0.25, 0.3) is 0 Å². The predicted molar refractivity (Wildman–Crippen MR) is 115 cm³/mol. The van der Waals surface area contributed by atoms with Gasteiger partial charge in [0, 0.05) is 35.4 Å². The molecule has 0 aliphatic heterocycles. The fraction of sp³-hybridized carbons (Fsp3) is 0.421. The van der Waals surface area contributed by atoms with E-state index in [1.807, 2.05) is 0 Å². The molecule has 1 aliphatic carbocycles. The third kappa shape index (κ3) is 5.88. The molecule has 13 heteroatoms. The Kier molecular flexibility index (Phi) is 5.72. The normalized spacial score (nSPS) is 16.2. The summed E-state index contributed by atoms with van der Waals surface area (Å²) in [5, 5.41) is 23.9. The first-order chi connectivity index (χ1) is 16.2. The Labute approximate surface area is 188 Å². The molecule has 0 unspecified atom stereocenters. The molecule has 2 aromatic heterocycles. The van der Waals surface area contributed by atoms with E-state index in [9.17, 15) is 23.1 Å². The number of hydrogen-bond acceptors (Lipinski definition) is 10. The molecule has 4 N–H and O–H groups in total. The van der Waals surface area contributed by atoms with Crippen LogP contribution in [-0.2, 0) is 14.6 Å². The van der Waals surface area contributed by atoms with Crippen LogP contribution in [0, 0.1) is 5.92 Å². The number of carbonyl (C=O) groups is 2. The van der Waals surface area contributed by atoms with Crippen LogP contribution in [0.2, 0.25) is 0 Å². The zero-order valence-corrected chi connectivity index (χ0v) is 18.1. The Balaban J connectivity index is 2.00. The summed E-state index contributed by atoms with van der Waals surface area (Å²) in [6.45, 7) is -1.44. The maximum absolute atomic E-state index is 12.5. The van der Waals surface area contributed by atoms with Gasteiger partial charge in [-0.2, -0.15) is 0 Å². The number of aliphatic hydroxyl groups is 1. The first kappa shape index (κ1) is 19.4. The molecule has 1 saturated carbocycles. The molecule has 2 aromatic rings. The molecule has 12 nitrogen and oxygen atoms in total. The van der Waals surface area contributed by atoms with Gasteiger partial charge in [-0.05, 0) is 19.8 Å². The molecule has 2 amide bonds. The molecule has 3 rings (SSSR count). The van der Waals surface area contributed by atoms with Gasteiger partial charge in [-0.15, -0.1) is 10.2 Å². The van der Waals surface area contributed by atoms with Crippen LogP contribution in [0.15, 0.2) is 23.2 Å². The SMILES string of the molecule is [2H]C([2H])([2H])NC(=O)c1nnc(NC(=O)C2CC2)cc1Nc1ncc(OC[C@H](C)O)cc1S(C)(=O)=O. The number of nitrogens with one attached hydrogen (secondary N) is 3. The lowest BCUT2D eigenvalue weighted by Gasteiger charge is -2.15. The molecule has 1 fully saturated rings. The van der Waals surface area contributed by atoms with Gasteiger partial charge in [0.15, 0.2) is 21.3 Å². The molecule has 32 heavy (non-hydrogen) atoms. The highest BCUT2D eigenvalue weighted by atomic mass is 32.2. The highest BCUT2D eigenvalue weighted by Gasteiger charge is 2.30. The van der Waals surface area contributed by atoms with Gasteiger partial charge in [-0.1, -0.05) is 0 Å². The Morgan fingerprint density at radius 1 is 1.34 bits per heavy atom. The number of hydrogen-bond donors (Lipinski definition) is 4. The molecule has 172 valence electrons. The Hall–Kier alpha value is -3.32. The maximum atomic E-state index is 12.5. The smallest absolute Gasteiger partial charge is 0.273 e. The molecule has 0 saturated heterocycles. The second-order valence-electron chi connectivity index (χ2n) is 7.28. The van der Waals surface area contributed by atoms with Crippen LogP contribution in [0.4, 0.5) is 17.3 Å². The topological polar surface area (TPSA) is 172 Å². The molecule has 1 aliphatic rings. The van der Waals surface area contributed by atoms with Crippen LogP contribution < -0.4 is 20.7 Å². The van der Waals surface area contributed by atoms with Crippen molar-refractivity contribution in [3.05, 3.63) is 24.0 Å². The Bertz CT molecular complexity index is 1230. The summed E-state index contributed by atoms with van der Waals surface area (Å²) in [5.41, 5.74) is -0.621. The van der Waals surface area contributed by atoms with Crippen molar-refractivity contribution >= 4 is 39.0 Å². The van der Waals surface area contributed by atoms with E-state index in [-0.39, 0.29) is 46.4 Å². The minimum Gasteiger partial charge on any atom is -0.489 e. The number of carbonyl (C=O) groups excluding carboxylic acids is 2. The van der Waals surface area contributed by atoms with Crippen molar-refractivity contribution in [2.45, 2.75) is 30.8 Å². The second kappa shape index (κ2) is 9.44. The lowest BCUT2D eigenvalue weighted by atomic mass is 10.2. The molecular weight excluding hydrogens is 440 g/mol. The summed E-state index contributed by atoms with van der Waals surface area (Å²) in [6.07, 6.45) is 2.79. The largest absolute Gasteiger partial charge is 0.489 e. The zero-order chi connectivity index (χ0) is 26.0. The number of aromatic nitrogens is 3. The predicted octanol–water partition coefficient (Wildman–Crippen LogP) is 0.486. The second-order valence-corrected chi connectivity index (χ2v) is 9.27. The number of rotatable bonds is 9. The van der Waals surface area contributed by atoms with E-state index < -0.39 is 34.5 Å². The van der Waals surface area contributed by atoms with Crippen molar-refractivity contribution in [3.8, 4) is 5.75 Å². The van der Waals surface area contributed by atoms with Crippen molar-refractivity contribution in [2.75, 3.05) is 30.5 Å². The van der Waals surface area contributed by atoms with Crippen molar-refractivity contribution in [1.82, 2.24) is 20.5 Å². The van der Waals surface area contributed by atoms with E-state index in [4.69, 9.17) is 8.85 Å². The van der Waals surface area contributed by atoms with Crippen LogP contribution in [-0.4, -0.2) is 66.5 Å². The molecule has 0 aromatic carbocycles. The number of anilines is 3. The van der Waals surface area contributed by atoms with Gasteiger partial charge in [-0.3, -0.25) is 9.59 Å². The minimum atomic E-state index is -3.87. The third-order valence-corrected chi connectivity index (χ3v) is 5.40. The third-order valence-electron chi connectivity index (χ3n) is 4.29. The summed E-state index contributed by atoms with van der Waals surface area (Å²) < 4.78 is 51.9. The maximum Gasteiger partial charge on any atom is 0.273 e. The van der Waals surface area contributed by atoms with E-state index in [1.165, 1.54) is 25.3 Å². The van der Waals surface area contributed by atoms with Gasteiger partial charge in [0.1, 0.15) is 23.1 Å². The van der Waals surface area contributed by atoms with Crippen molar-refractivity contribution in [1.29, 1.82) is 0 Å². The van der Waals surface area contributed by atoms with Gasteiger partial charge < -0.3 is 25.8 Å². The molecular formula is C19H24N6O6S. The lowest BCUT2D eigenvalue weighted by Crippen LogP contribution is -2.23. The van der Waals surface area contributed by atoms with Crippen LogP contribution in [0.5, 0.6) is 5.75 Å². The number of ether oxygens (including phenoxy) is 1. The summed E-state index contributed by atoms with van der Waals surface area (Å²) in [5.74, 6) is -1.74. The molecule has 1 atom stereocenters. The Morgan fingerprint density at radius 2 is 2.09 bits per heavy atom. The number of pyridine rings is 1. The van der Waals surface area contributed by atoms with Gasteiger partial charge >= 0.3 is 0 Å². The lowest BCUT2D eigenvalue weighted by molar-refractivity contribution is -0.117. The molecule has 0 radical (unpaired) electrons. The van der Waals surface area contributed by atoms with Crippen molar-refractivity contribution in [2.24, 2.45) is 5.92 Å². The van der Waals surface area contributed by atoms with Crippen molar-refractivity contribution in [3.63, 3.8) is 0 Å². The number of nitrogens with zero attached hydrogens (tertiary/aromatic N) is 3. The van der Waals surface area contributed by atoms with Crippen LogP contribution in [0.1, 0.15) is 34.4 Å². The standard InChI is InChI=1S/C19H24N6O6S/c1-10(26)9-31-12-6-14(32(3,29)30)17(21-8-12)22-13-7-15(23-18(27)11-4-5-11)24-25-16(13)19(28)20-2/h6-8,10-11,26H,4-5,9H2,1-3H3,(H,20,28)(H2,21,22,23,24,27)/t10-/m0/s1/i2D3. The van der Waals surface area contributed by atoms with Crippen LogP contribution in [0.3, 0.4) is 0 Å². The van der Waals surface area contributed by atoms with Crippen LogP contribution >= 0.6 is 0 Å². The van der Waals surface area contributed by atoms with E-state index in [1.54, 1.807) is 5.32 Å². The van der Waals surface area contributed by atoms with Crippen molar-refractivity contribution < 1.29 is 32.0 Å². The van der Waals surface area contributed by atoms with Gasteiger partial charge in [0.25, 0.3) is 5.91 Å². The quantitative estimate of drug-likeness (QED) is 0.406. The number of amides is 2. The van der Waals surface area contributed by atoms with E-state index >= 15 is 0 Å². The first-order valence-electron chi connectivity index (χ1n) is 11.0. The van der Waals surface area contributed by atoms with Gasteiger partial charge in [0.2, 0.25) is 5.91 Å². The summed E-state index contributed by atoms with van der Waals surface area (Å²) in [4.78, 5) is 28.4. The molecule has 0 bridgehead atoms. The van der Waals surface area contributed by atoms with Gasteiger partial charge in [-0.25, -0.2) is 13.4 Å². The highest BCUT2D eigenvalue weighted by molar-refractivity contribution is 7.90. The highest BCUT2D eigenvalue weighted by Crippen LogP contribution is 2.31. The fourth-order valence-electron chi connectivity index (χ4n) is 2.58. The average molecular weight is 468 g/mol. The van der Waals surface area contributed by atoms with E-state index in [0.717, 1.165) is 19.1 Å². The summed E-state index contributed by atoms with van der Waals surface area (Å²) >= 11 is 0. The fourth-order valence-corrected chi connectivity index (χ4v) is 3.36. The summed E-state index contributed by atoms with van der Waals surface area (Å²) in [6, 6.07) is 2.40. The van der Waals surface area contributed by atoms with E-state index in [0.29, 0.717) is 0 Å². The number of sulfone groups is 1. The zero-order valence-electron chi connectivity index (χ0n) is 20.2. The number of aliphatic hydroxyl groups excluding tert-OH is 1. The summed E-state index contributed by atoms with van der Waals surface area (Å²) in [7, 11) is -3.87. The Morgan fingerprint density at radius 3 is 2.72 bits per heavy atom.